The Balaban J connectivity index is 2.07. The van der Waals surface area contributed by atoms with Crippen LogP contribution in [0.25, 0.3) is 0 Å². The first-order valence-corrected chi connectivity index (χ1v) is 6.31. The summed E-state index contributed by atoms with van der Waals surface area (Å²) in [5.41, 5.74) is 0. The number of thioether (sulfide) groups is 2. The van der Waals surface area contributed by atoms with Crippen LogP contribution in [0.4, 0.5) is 0 Å². The minimum atomic E-state index is -0.904. The van der Waals surface area contributed by atoms with Gasteiger partial charge in [-0.05, 0) is 0 Å². The van der Waals surface area contributed by atoms with Gasteiger partial charge in [0, 0.05) is 41.3 Å². The lowest BCUT2D eigenvalue weighted by Crippen LogP contribution is -2.25. The fourth-order valence-electron chi connectivity index (χ4n) is 0.984. The van der Waals surface area contributed by atoms with Crippen molar-refractivity contribution in [3.63, 3.8) is 0 Å². The number of rotatable bonds is 4. The summed E-state index contributed by atoms with van der Waals surface area (Å²) in [6, 6.07) is 0. The van der Waals surface area contributed by atoms with E-state index in [2.05, 4.69) is 5.32 Å². The van der Waals surface area contributed by atoms with Crippen molar-refractivity contribution in [1.29, 1.82) is 0 Å². The van der Waals surface area contributed by atoms with E-state index in [9.17, 15) is 4.79 Å². The van der Waals surface area contributed by atoms with Gasteiger partial charge in [-0.25, -0.2) is 4.79 Å². The fourth-order valence-corrected chi connectivity index (χ4v) is 3.61. The second kappa shape index (κ2) is 6.21. The van der Waals surface area contributed by atoms with E-state index in [1.807, 2.05) is 23.5 Å². The van der Waals surface area contributed by atoms with E-state index in [-0.39, 0.29) is 0 Å². The molecule has 0 aromatic heterocycles. The number of carbonyl (C=O) groups is 1. The van der Waals surface area contributed by atoms with Crippen LogP contribution in [0.1, 0.15) is 0 Å². The largest absolute Gasteiger partial charge is 0.478 e. The Labute approximate surface area is 86.4 Å². The highest BCUT2D eigenvalue weighted by Crippen LogP contribution is 2.23. The zero-order valence-corrected chi connectivity index (χ0v) is 8.87. The molecule has 1 fully saturated rings. The minimum absolute atomic E-state index is 0.622. The molecule has 0 aromatic rings. The molecule has 0 amide bonds. The molecule has 1 atom stereocenters. The summed E-state index contributed by atoms with van der Waals surface area (Å²) in [5, 5.41) is 11.9. The van der Waals surface area contributed by atoms with Crippen molar-refractivity contribution in [2.24, 2.45) is 0 Å². The number of carboxylic acids is 1. The summed E-state index contributed by atoms with van der Waals surface area (Å²) < 4.78 is 0. The molecule has 0 aliphatic carbocycles. The van der Waals surface area contributed by atoms with Crippen LogP contribution in [0.15, 0.2) is 12.3 Å². The molecule has 1 aliphatic rings. The zero-order chi connectivity index (χ0) is 9.52. The van der Waals surface area contributed by atoms with Crippen molar-refractivity contribution in [2.75, 3.05) is 23.8 Å². The summed E-state index contributed by atoms with van der Waals surface area (Å²) in [5.74, 6) is 2.71. The number of carboxylic acid groups (broad SMARTS) is 1. The predicted octanol–water partition coefficient (Wildman–Crippen LogP) is 1.02. The molecule has 0 saturated carbocycles. The third-order valence-electron chi connectivity index (χ3n) is 1.57. The lowest BCUT2D eigenvalue weighted by Gasteiger charge is -2.20. The molecule has 3 nitrogen and oxygen atoms in total. The Kier molecular flexibility index (Phi) is 5.15. The maximum Gasteiger partial charge on any atom is 0.329 e. The monoisotopic (exact) mass is 219 g/mol. The van der Waals surface area contributed by atoms with Crippen LogP contribution in [0.3, 0.4) is 0 Å². The highest BCUT2D eigenvalue weighted by Gasteiger charge is 2.12. The van der Waals surface area contributed by atoms with Crippen LogP contribution in [0, 0.1) is 0 Å². The van der Waals surface area contributed by atoms with Gasteiger partial charge >= 0.3 is 5.97 Å². The van der Waals surface area contributed by atoms with Crippen molar-refractivity contribution < 1.29 is 9.90 Å². The van der Waals surface area contributed by atoms with Gasteiger partial charge in [0.1, 0.15) is 0 Å². The van der Waals surface area contributed by atoms with Gasteiger partial charge in [-0.1, -0.05) is 0 Å². The molecule has 2 N–H and O–H groups in total. The van der Waals surface area contributed by atoms with E-state index in [4.69, 9.17) is 5.11 Å². The molecular formula is C8H13NO2S2. The standard InChI is InChI=1S/C8H13NO2S2/c10-8(11)1-2-9-5-7-6-12-3-4-13-7/h1-2,7,9H,3-6H2,(H,10,11)/b2-1+. The van der Waals surface area contributed by atoms with Gasteiger partial charge in [0.2, 0.25) is 0 Å². The molecule has 0 aromatic carbocycles. The SMILES string of the molecule is O=C(O)/C=C/NCC1CSCCS1. The Bertz CT molecular complexity index is 191. The van der Waals surface area contributed by atoms with Gasteiger partial charge in [0.05, 0.1) is 0 Å². The van der Waals surface area contributed by atoms with E-state index in [0.717, 1.165) is 12.6 Å². The summed E-state index contributed by atoms with van der Waals surface area (Å²) in [6.45, 7) is 0.863. The van der Waals surface area contributed by atoms with Gasteiger partial charge < -0.3 is 10.4 Å². The zero-order valence-electron chi connectivity index (χ0n) is 7.23. The van der Waals surface area contributed by atoms with Gasteiger partial charge in [0.25, 0.3) is 0 Å². The highest BCUT2D eigenvalue weighted by atomic mass is 32.2. The first-order valence-electron chi connectivity index (χ1n) is 4.11. The fraction of sp³-hybridized carbons (Fsp3) is 0.625. The van der Waals surface area contributed by atoms with Crippen molar-refractivity contribution in [3.05, 3.63) is 12.3 Å². The smallest absolute Gasteiger partial charge is 0.329 e. The van der Waals surface area contributed by atoms with Gasteiger partial charge in [-0.3, -0.25) is 0 Å². The van der Waals surface area contributed by atoms with Crippen LogP contribution in [-0.4, -0.2) is 40.1 Å². The van der Waals surface area contributed by atoms with Gasteiger partial charge in [0.15, 0.2) is 0 Å². The Morgan fingerprint density at radius 1 is 1.62 bits per heavy atom. The van der Waals surface area contributed by atoms with Crippen LogP contribution < -0.4 is 5.32 Å². The second-order valence-electron chi connectivity index (χ2n) is 2.65. The molecule has 1 rings (SSSR count). The van der Waals surface area contributed by atoms with Crippen LogP contribution in [-0.2, 0) is 4.79 Å². The van der Waals surface area contributed by atoms with Gasteiger partial charge in [-0.2, -0.15) is 23.5 Å². The topological polar surface area (TPSA) is 49.3 Å². The first-order chi connectivity index (χ1) is 6.29. The molecule has 1 saturated heterocycles. The summed E-state index contributed by atoms with van der Waals surface area (Å²) >= 11 is 3.92. The minimum Gasteiger partial charge on any atom is -0.478 e. The number of hydrogen-bond acceptors (Lipinski definition) is 4. The third-order valence-corrected chi connectivity index (χ3v) is 4.42. The Hall–Kier alpha value is -0.290. The van der Waals surface area contributed by atoms with Gasteiger partial charge in [-0.15, -0.1) is 0 Å². The summed E-state index contributed by atoms with van der Waals surface area (Å²) in [6.07, 6.45) is 2.63. The van der Waals surface area contributed by atoms with E-state index in [1.165, 1.54) is 23.5 Å². The summed E-state index contributed by atoms with van der Waals surface area (Å²) in [7, 11) is 0. The van der Waals surface area contributed by atoms with Crippen LogP contribution in [0.5, 0.6) is 0 Å². The highest BCUT2D eigenvalue weighted by molar-refractivity contribution is 8.06. The maximum atomic E-state index is 10.1. The van der Waals surface area contributed by atoms with E-state index in [0.29, 0.717) is 5.25 Å². The molecule has 0 spiro atoms. The summed E-state index contributed by atoms with van der Waals surface area (Å²) in [4.78, 5) is 10.1. The van der Waals surface area contributed by atoms with Crippen LogP contribution >= 0.6 is 23.5 Å². The molecule has 0 radical (unpaired) electrons. The van der Waals surface area contributed by atoms with Crippen molar-refractivity contribution >= 4 is 29.5 Å². The molecule has 0 bridgehead atoms. The molecule has 1 unspecified atom stereocenters. The molecule has 74 valence electrons. The quantitative estimate of drug-likeness (QED) is 0.691. The van der Waals surface area contributed by atoms with Crippen LogP contribution in [0.2, 0.25) is 0 Å². The first kappa shape index (κ1) is 10.8. The molecule has 5 heteroatoms. The molecular weight excluding hydrogens is 206 g/mol. The average Bonchev–Trinajstić information content (AvgIpc) is 2.14. The Morgan fingerprint density at radius 3 is 3.08 bits per heavy atom. The molecule has 1 aliphatic heterocycles. The lowest BCUT2D eigenvalue weighted by atomic mass is 10.4. The normalized spacial score (nSPS) is 23.2. The van der Waals surface area contributed by atoms with Crippen molar-refractivity contribution in [3.8, 4) is 0 Å². The van der Waals surface area contributed by atoms with E-state index in [1.54, 1.807) is 0 Å². The van der Waals surface area contributed by atoms with E-state index < -0.39 is 5.97 Å². The lowest BCUT2D eigenvalue weighted by molar-refractivity contribution is -0.131. The molecule has 1 heterocycles. The predicted molar refractivity (Wildman–Crippen MR) is 58.3 cm³/mol. The van der Waals surface area contributed by atoms with E-state index >= 15 is 0 Å². The second-order valence-corrected chi connectivity index (χ2v) is 5.21. The number of nitrogens with one attached hydrogen (secondary N) is 1. The number of hydrogen-bond donors (Lipinski definition) is 2. The average molecular weight is 219 g/mol. The van der Waals surface area contributed by atoms with Crippen molar-refractivity contribution in [2.45, 2.75) is 5.25 Å². The van der Waals surface area contributed by atoms with Crippen molar-refractivity contribution in [1.82, 2.24) is 5.32 Å². The third kappa shape index (κ3) is 5.10. The molecule has 13 heavy (non-hydrogen) atoms. The maximum absolute atomic E-state index is 10.1. The number of aliphatic carboxylic acids is 1. The Morgan fingerprint density at radius 2 is 2.46 bits per heavy atom.